The lowest BCUT2D eigenvalue weighted by Gasteiger charge is -2.37. The first-order valence-electron chi connectivity index (χ1n) is 15.3. The van der Waals surface area contributed by atoms with Gasteiger partial charge in [0.05, 0.1) is 25.0 Å². The van der Waals surface area contributed by atoms with Gasteiger partial charge in [-0.2, -0.15) is 0 Å². The van der Waals surface area contributed by atoms with Crippen LogP contribution in [0.2, 0.25) is 0 Å². The molecule has 44 heavy (non-hydrogen) atoms. The maximum atomic E-state index is 14.0. The Morgan fingerprint density at radius 2 is 1.34 bits per heavy atom. The van der Waals surface area contributed by atoms with Gasteiger partial charge in [-0.05, 0) is 76.3 Å². The van der Waals surface area contributed by atoms with Crippen LogP contribution >= 0.6 is 0 Å². The summed E-state index contributed by atoms with van der Waals surface area (Å²) >= 11 is 0. The number of rotatable bonds is 6. The minimum absolute atomic E-state index is 0.150. The molecule has 232 valence electrons. The van der Waals surface area contributed by atoms with Crippen molar-refractivity contribution in [1.29, 1.82) is 0 Å². The molecule has 0 aliphatic carbocycles. The quantitative estimate of drug-likeness (QED) is 0.226. The summed E-state index contributed by atoms with van der Waals surface area (Å²) in [7, 11) is 1.36. The number of carbonyl (C=O) groups is 3. The molecular weight excluding hydrogens is 554 g/mol. The van der Waals surface area contributed by atoms with Gasteiger partial charge in [-0.1, -0.05) is 84.9 Å². The zero-order valence-electron chi connectivity index (χ0n) is 26.7. The molecule has 0 bridgehead atoms. The van der Waals surface area contributed by atoms with Crippen LogP contribution in [0.4, 0.5) is 0 Å². The number of benzene rings is 3. The topological polar surface area (TPSA) is 82.1 Å². The molecule has 7 nitrogen and oxygen atoms in total. The van der Waals surface area contributed by atoms with Crippen molar-refractivity contribution in [1.82, 2.24) is 4.90 Å². The first-order chi connectivity index (χ1) is 20.7. The summed E-state index contributed by atoms with van der Waals surface area (Å²) in [6.07, 6.45) is 4.25. The highest BCUT2D eigenvalue weighted by molar-refractivity contribution is 5.91. The molecule has 5 atom stereocenters. The van der Waals surface area contributed by atoms with Crippen molar-refractivity contribution >= 4 is 34.8 Å². The Hall–Kier alpha value is -3.97. The molecule has 0 spiro atoms. The third-order valence-electron chi connectivity index (χ3n) is 8.44. The fourth-order valence-electron chi connectivity index (χ4n) is 6.91. The van der Waals surface area contributed by atoms with Gasteiger partial charge in [0.2, 0.25) is 0 Å². The Morgan fingerprint density at radius 1 is 0.773 bits per heavy atom. The summed E-state index contributed by atoms with van der Waals surface area (Å²) in [4.78, 5) is 44.0. The van der Waals surface area contributed by atoms with E-state index in [2.05, 4.69) is 4.90 Å². The lowest BCUT2D eigenvalue weighted by atomic mass is 9.82. The maximum Gasteiger partial charge on any atom is 0.326 e. The fraction of sp³-hybridized carbons (Fsp3) is 0.432. The molecule has 3 aromatic carbocycles. The second-order valence-corrected chi connectivity index (χ2v) is 13.9. The van der Waals surface area contributed by atoms with Crippen molar-refractivity contribution < 1.29 is 28.6 Å². The standard InChI is InChI=1S/C37H43NO6/c1-35(2,3)43-32(39)28-22-37(34(41)42-7)23-29(33(40)44-36(4,5)6)31(27-19-13-17-25-16-11-12-18-26(25)27)38(37)30(28)21-20-24-14-9-8-10-15-24/h8-21,28-31H,22-23H2,1-7H3/b21-20+/t28-,29-,30-,31-,37-/m1/s1. The average Bonchev–Trinajstić information content (AvgIpc) is 3.47. The molecule has 0 unspecified atom stereocenters. The van der Waals surface area contributed by atoms with E-state index in [1.54, 1.807) is 0 Å². The van der Waals surface area contributed by atoms with E-state index in [9.17, 15) is 14.4 Å². The molecule has 2 saturated heterocycles. The number of hydrogen-bond donors (Lipinski definition) is 0. The molecule has 0 aromatic heterocycles. The molecule has 5 rings (SSSR count). The third-order valence-corrected chi connectivity index (χ3v) is 8.44. The van der Waals surface area contributed by atoms with E-state index in [4.69, 9.17) is 14.2 Å². The number of hydrogen-bond acceptors (Lipinski definition) is 7. The second kappa shape index (κ2) is 11.8. The van der Waals surface area contributed by atoms with Crippen molar-refractivity contribution in [2.45, 2.75) is 83.2 Å². The molecule has 2 aliphatic rings. The van der Waals surface area contributed by atoms with Crippen LogP contribution in [0.3, 0.4) is 0 Å². The minimum Gasteiger partial charge on any atom is -0.468 e. The molecule has 0 radical (unpaired) electrons. The SMILES string of the molecule is COC(=O)[C@]12C[C@@H](C(=O)OC(C)(C)C)[C@@H](/C=C/c3ccccc3)N1[C@H](c1cccc3ccccc13)[C@H](C(=O)OC(C)(C)C)C2. The molecule has 0 saturated carbocycles. The van der Waals surface area contributed by atoms with Crippen molar-refractivity contribution in [3.8, 4) is 0 Å². The number of nitrogens with zero attached hydrogens (tertiary/aromatic N) is 1. The highest BCUT2D eigenvalue weighted by Gasteiger charge is 2.68. The van der Waals surface area contributed by atoms with Gasteiger partial charge in [-0.15, -0.1) is 0 Å². The summed E-state index contributed by atoms with van der Waals surface area (Å²) in [6.45, 7) is 11.0. The van der Waals surface area contributed by atoms with E-state index >= 15 is 0 Å². The van der Waals surface area contributed by atoms with Crippen LogP contribution < -0.4 is 0 Å². The third kappa shape index (κ3) is 6.16. The van der Waals surface area contributed by atoms with Gasteiger partial charge in [-0.25, -0.2) is 0 Å². The zero-order chi connectivity index (χ0) is 31.9. The zero-order valence-corrected chi connectivity index (χ0v) is 26.7. The molecule has 0 N–H and O–H groups in total. The molecule has 3 aromatic rings. The lowest BCUT2D eigenvalue weighted by Crippen LogP contribution is -2.49. The van der Waals surface area contributed by atoms with Crippen molar-refractivity contribution in [3.63, 3.8) is 0 Å². The average molecular weight is 598 g/mol. The van der Waals surface area contributed by atoms with Crippen LogP contribution in [-0.4, -0.2) is 52.7 Å². The summed E-state index contributed by atoms with van der Waals surface area (Å²) in [6, 6.07) is 22.7. The number of methoxy groups -OCH3 is 1. The largest absolute Gasteiger partial charge is 0.468 e. The first-order valence-corrected chi connectivity index (χ1v) is 15.3. The molecule has 0 amide bonds. The second-order valence-electron chi connectivity index (χ2n) is 13.9. The van der Waals surface area contributed by atoms with Gasteiger partial charge >= 0.3 is 17.9 Å². The summed E-state index contributed by atoms with van der Waals surface area (Å²) in [5.41, 5.74) is -0.851. The highest BCUT2D eigenvalue weighted by atomic mass is 16.6. The van der Waals surface area contributed by atoms with E-state index in [0.29, 0.717) is 0 Å². The molecule has 2 heterocycles. The van der Waals surface area contributed by atoms with Crippen molar-refractivity contribution in [2.24, 2.45) is 11.8 Å². The van der Waals surface area contributed by atoms with Crippen LogP contribution in [-0.2, 0) is 28.6 Å². The monoisotopic (exact) mass is 597 g/mol. The van der Waals surface area contributed by atoms with E-state index in [0.717, 1.165) is 21.9 Å². The van der Waals surface area contributed by atoms with E-state index in [-0.39, 0.29) is 24.8 Å². The van der Waals surface area contributed by atoms with Gasteiger partial charge in [0, 0.05) is 6.04 Å². The molecule has 2 aliphatic heterocycles. The Labute approximate surface area is 260 Å². The van der Waals surface area contributed by atoms with Crippen LogP contribution in [0.5, 0.6) is 0 Å². The summed E-state index contributed by atoms with van der Waals surface area (Å²) in [5.74, 6) is -2.61. The predicted molar refractivity (Wildman–Crippen MR) is 170 cm³/mol. The minimum atomic E-state index is -1.26. The number of esters is 3. The van der Waals surface area contributed by atoms with E-state index in [1.165, 1.54) is 7.11 Å². The van der Waals surface area contributed by atoms with Crippen LogP contribution in [0.1, 0.15) is 71.6 Å². The number of ether oxygens (including phenoxy) is 3. The summed E-state index contributed by atoms with van der Waals surface area (Å²) in [5, 5.41) is 1.99. The van der Waals surface area contributed by atoms with Gasteiger partial charge in [0.1, 0.15) is 16.7 Å². The molecule has 7 heteroatoms. The van der Waals surface area contributed by atoms with Crippen LogP contribution in [0.15, 0.2) is 78.9 Å². The highest BCUT2D eigenvalue weighted by Crippen LogP contribution is 2.58. The number of fused-ring (bicyclic) bond motifs is 2. The van der Waals surface area contributed by atoms with Gasteiger partial charge in [-0.3, -0.25) is 19.3 Å². The maximum absolute atomic E-state index is 14.0. The smallest absolute Gasteiger partial charge is 0.326 e. The van der Waals surface area contributed by atoms with E-state index in [1.807, 2.05) is 126 Å². The van der Waals surface area contributed by atoms with Crippen LogP contribution in [0, 0.1) is 11.8 Å². The lowest BCUT2D eigenvalue weighted by molar-refractivity contribution is -0.161. The predicted octanol–water partition coefficient (Wildman–Crippen LogP) is 6.90. The van der Waals surface area contributed by atoms with Crippen LogP contribution in [0.25, 0.3) is 16.8 Å². The summed E-state index contributed by atoms with van der Waals surface area (Å²) < 4.78 is 17.4. The Bertz CT molecular complexity index is 1560. The molecular formula is C37H43NO6. The fourth-order valence-corrected chi connectivity index (χ4v) is 6.91. The Kier molecular flexibility index (Phi) is 8.47. The van der Waals surface area contributed by atoms with Crippen molar-refractivity contribution in [3.05, 3.63) is 90.0 Å². The van der Waals surface area contributed by atoms with Gasteiger partial charge in [0.15, 0.2) is 0 Å². The Morgan fingerprint density at radius 3 is 1.98 bits per heavy atom. The number of carbonyl (C=O) groups excluding carboxylic acids is 3. The van der Waals surface area contributed by atoms with Crippen molar-refractivity contribution in [2.75, 3.05) is 7.11 Å². The first kappa shape index (κ1) is 31.5. The molecule has 2 fully saturated rings. The Balaban J connectivity index is 1.74. The van der Waals surface area contributed by atoms with Gasteiger partial charge in [0.25, 0.3) is 0 Å². The van der Waals surface area contributed by atoms with Gasteiger partial charge < -0.3 is 14.2 Å². The van der Waals surface area contributed by atoms with E-state index < -0.39 is 46.6 Å². The normalized spacial score (nSPS) is 25.6.